The van der Waals surface area contributed by atoms with Gasteiger partial charge in [0.2, 0.25) is 0 Å². The molecule has 9 heteroatoms. The molecule has 0 saturated carbocycles. The number of amides is 2. The molecule has 140 valence electrons. The van der Waals surface area contributed by atoms with Gasteiger partial charge in [-0.3, -0.25) is 14.5 Å². The third-order valence-electron chi connectivity index (χ3n) is 4.83. The van der Waals surface area contributed by atoms with Gasteiger partial charge in [0.25, 0.3) is 11.8 Å². The van der Waals surface area contributed by atoms with Gasteiger partial charge in [0.1, 0.15) is 4.32 Å². The monoisotopic (exact) mass is 420 g/mol. The van der Waals surface area contributed by atoms with Crippen molar-refractivity contribution in [1.29, 1.82) is 0 Å². The van der Waals surface area contributed by atoms with Gasteiger partial charge in [-0.05, 0) is 12.5 Å². The number of thioether (sulfide) groups is 1. The largest absolute Gasteiger partial charge is 0.304 e. The summed E-state index contributed by atoms with van der Waals surface area (Å²) in [5.74, 6) is -0.689. The summed E-state index contributed by atoms with van der Waals surface area (Å²) in [4.78, 5) is 29.3. The summed E-state index contributed by atoms with van der Waals surface area (Å²) in [7, 11) is -3.16. The summed E-state index contributed by atoms with van der Waals surface area (Å²) in [6.07, 6.45) is 2.00. The van der Waals surface area contributed by atoms with Crippen molar-refractivity contribution in [2.24, 2.45) is 0 Å². The number of para-hydroxylation sites is 1. The third-order valence-corrected chi connectivity index (χ3v) is 7.99. The van der Waals surface area contributed by atoms with Crippen LogP contribution in [0, 0.1) is 0 Å². The molecule has 0 aliphatic carbocycles. The summed E-state index contributed by atoms with van der Waals surface area (Å²) in [5.41, 5.74) is 1.74. The summed E-state index contributed by atoms with van der Waals surface area (Å²) in [5, 5.41) is 0. The first kappa shape index (κ1) is 18.4. The average molecular weight is 421 g/mol. The topological polar surface area (TPSA) is 74.8 Å². The standard InChI is InChI=1S/C18H16N2O4S3/c1-2-8-19-13-6-4-3-5-12(13)14(16(19)21)15-17(22)20(18(25)26-15)11-7-9-27(23,24)10-11/h2-6,11H,1,7-10H2/b15-14-. The molecule has 3 aliphatic heterocycles. The minimum atomic E-state index is -3.16. The number of hydrogen-bond acceptors (Lipinski definition) is 6. The molecule has 4 rings (SSSR count). The Bertz CT molecular complexity index is 1030. The Hall–Kier alpha value is -1.97. The zero-order valence-corrected chi connectivity index (χ0v) is 16.7. The van der Waals surface area contributed by atoms with Crippen LogP contribution in [0.4, 0.5) is 5.69 Å². The quantitative estimate of drug-likeness (QED) is 0.423. The van der Waals surface area contributed by atoms with Gasteiger partial charge in [0.15, 0.2) is 9.84 Å². The fourth-order valence-corrected chi connectivity index (χ4v) is 6.81. The molecule has 0 spiro atoms. The smallest absolute Gasteiger partial charge is 0.267 e. The van der Waals surface area contributed by atoms with Crippen LogP contribution in [0.25, 0.3) is 5.57 Å². The van der Waals surface area contributed by atoms with Gasteiger partial charge in [0.05, 0.1) is 33.7 Å². The third kappa shape index (κ3) is 2.94. The highest BCUT2D eigenvalue weighted by molar-refractivity contribution is 8.26. The summed E-state index contributed by atoms with van der Waals surface area (Å²) in [6, 6.07) is 6.82. The number of nitrogens with zero attached hydrogens (tertiary/aromatic N) is 2. The molecule has 0 aromatic heterocycles. The van der Waals surface area contributed by atoms with Crippen LogP contribution >= 0.6 is 24.0 Å². The Morgan fingerprint density at radius 3 is 2.67 bits per heavy atom. The van der Waals surface area contributed by atoms with Crippen molar-refractivity contribution in [3.05, 3.63) is 47.4 Å². The lowest BCUT2D eigenvalue weighted by Gasteiger charge is -2.21. The molecule has 0 bridgehead atoms. The predicted octanol–water partition coefficient (Wildman–Crippen LogP) is 1.98. The number of fused-ring (bicyclic) bond motifs is 1. The van der Waals surface area contributed by atoms with Gasteiger partial charge < -0.3 is 4.90 Å². The minimum Gasteiger partial charge on any atom is -0.304 e. The summed E-state index contributed by atoms with van der Waals surface area (Å²) < 4.78 is 23.9. The first-order valence-electron chi connectivity index (χ1n) is 8.36. The fraction of sp³-hybridized carbons (Fsp3) is 0.278. The number of benzene rings is 1. The van der Waals surface area contributed by atoms with Crippen LogP contribution in [-0.4, -0.2) is 53.5 Å². The molecule has 1 aromatic carbocycles. The SMILES string of the molecule is C=CCN1C(=O)/C(=C2\SC(=S)N(C3CCS(=O)(=O)C3)C2=O)c2ccccc21. The second-order valence-electron chi connectivity index (χ2n) is 6.53. The van der Waals surface area contributed by atoms with Crippen molar-refractivity contribution in [3.63, 3.8) is 0 Å². The van der Waals surface area contributed by atoms with E-state index < -0.39 is 15.9 Å². The molecule has 0 radical (unpaired) electrons. The molecule has 1 aromatic rings. The molecule has 2 fully saturated rings. The van der Waals surface area contributed by atoms with E-state index in [4.69, 9.17) is 12.2 Å². The number of anilines is 1. The molecule has 1 atom stereocenters. The van der Waals surface area contributed by atoms with E-state index in [0.29, 0.717) is 28.4 Å². The van der Waals surface area contributed by atoms with Gasteiger partial charge in [-0.2, -0.15) is 0 Å². The molecule has 6 nitrogen and oxygen atoms in total. The number of carbonyl (C=O) groups excluding carboxylic acids is 2. The molecule has 0 N–H and O–H groups in total. The van der Waals surface area contributed by atoms with Crippen LogP contribution in [0.3, 0.4) is 0 Å². The van der Waals surface area contributed by atoms with Gasteiger partial charge in [-0.25, -0.2) is 8.42 Å². The van der Waals surface area contributed by atoms with Crippen molar-refractivity contribution < 1.29 is 18.0 Å². The van der Waals surface area contributed by atoms with Crippen LogP contribution in [0.1, 0.15) is 12.0 Å². The van der Waals surface area contributed by atoms with E-state index in [1.807, 2.05) is 18.2 Å². The Balaban J connectivity index is 1.78. The van der Waals surface area contributed by atoms with Crippen molar-refractivity contribution in [2.75, 3.05) is 23.0 Å². The average Bonchev–Trinajstić information content (AvgIpc) is 3.21. The van der Waals surface area contributed by atoms with Gasteiger partial charge in [-0.15, -0.1) is 6.58 Å². The highest BCUT2D eigenvalue weighted by Gasteiger charge is 2.46. The van der Waals surface area contributed by atoms with Crippen LogP contribution < -0.4 is 4.90 Å². The van der Waals surface area contributed by atoms with E-state index in [0.717, 1.165) is 17.4 Å². The molecule has 2 amide bonds. The van der Waals surface area contributed by atoms with Gasteiger partial charge in [-0.1, -0.05) is 48.3 Å². The van der Waals surface area contributed by atoms with Crippen molar-refractivity contribution in [2.45, 2.75) is 12.5 Å². The molecule has 27 heavy (non-hydrogen) atoms. The van der Waals surface area contributed by atoms with E-state index in [9.17, 15) is 18.0 Å². The highest BCUT2D eigenvalue weighted by atomic mass is 32.2. The Morgan fingerprint density at radius 2 is 2.00 bits per heavy atom. The molecule has 1 unspecified atom stereocenters. The maximum Gasteiger partial charge on any atom is 0.267 e. The van der Waals surface area contributed by atoms with Crippen molar-refractivity contribution >= 4 is 61.2 Å². The normalized spacial score (nSPS) is 26.8. The Morgan fingerprint density at radius 1 is 1.26 bits per heavy atom. The first-order chi connectivity index (χ1) is 12.8. The van der Waals surface area contributed by atoms with E-state index in [2.05, 4.69) is 6.58 Å². The molecular formula is C18H16N2O4S3. The zero-order valence-electron chi connectivity index (χ0n) is 14.3. The molecular weight excluding hydrogens is 404 g/mol. The molecule has 3 aliphatic rings. The number of rotatable bonds is 3. The number of sulfone groups is 1. The lowest BCUT2D eigenvalue weighted by molar-refractivity contribution is -0.123. The maximum absolute atomic E-state index is 13.1. The fourth-order valence-electron chi connectivity index (χ4n) is 3.63. The van der Waals surface area contributed by atoms with E-state index in [-0.39, 0.29) is 28.2 Å². The first-order valence-corrected chi connectivity index (χ1v) is 11.4. The van der Waals surface area contributed by atoms with Crippen molar-refractivity contribution in [3.8, 4) is 0 Å². The number of carbonyl (C=O) groups is 2. The predicted molar refractivity (Wildman–Crippen MR) is 110 cm³/mol. The summed E-state index contributed by atoms with van der Waals surface area (Å²) in [6.45, 7) is 4.02. The Kier molecular flexibility index (Phi) is 4.48. The van der Waals surface area contributed by atoms with E-state index in [1.165, 1.54) is 4.90 Å². The highest BCUT2D eigenvalue weighted by Crippen LogP contribution is 2.45. The van der Waals surface area contributed by atoms with Crippen LogP contribution in [0.5, 0.6) is 0 Å². The summed E-state index contributed by atoms with van der Waals surface area (Å²) >= 11 is 6.43. The van der Waals surface area contributed by atoms with Crippen LogP contribution in [-0.2, 0) is 19.4 Å². The number of thiocarbonyl (C=S) groups is 1. The Labute approximate surface area is 166 Å². The molecule has 3 heterocycles. The van der Waals surface area contributed by atoms with Gasteiger partial charge >= 0.3 is 0 Å². The maximum atomic E-state index is 13.1. The van der Waals surface area contributed by atoms with E-state index >= 15 is 0 Å². The lowest BCUT2D eigenvalue weighted by atomic mass is 10.1. The van der Waals surface area contributed by atoms with Crippen molar-refractivity contribution in [1.82, 2.24) is 4.90 Å². The molecule has 2 saturated heterocycles. The van der Waals surface area contributed by atoms with Crippen LogP contribution in [0.2, 0.25) is 0 Å². The van der Waals surface area contributed by atoms with Gasteiger partial charge in [0, 0.05) is 12.1 Å². The van der Waals surface area contributed by atoms with Crippen LogP contribution in [0.15, 0.2) is 41.8 Å². The number of hydrogen-bond donors (Lipinski definition) is 0. The second kappa shape index (κ2) is 6.57. The van der Waals surface area contributed by atoms with E-state index in [1.54, 1.807) is 17.0 Å². The zero-order chi connectivity index (χ0) is 19.3. The lowest BCUT2D eigenvalue weighted by Crippen LogP contribution is -2.39. The second-order valence-corrected chi connectivity index (χ2v) is 10.4. The minimum absolute atomic E-state index is 0.0511.